The van der Waals surface area contributed by atoms with Crippen molar-refractivity contribution in [3.8, 4) is 5.75 Å². The molecule has 0 aromatic heterocycles. The van der Waals surface area contributed by atoms with Crippen molar-refractivity contribution in [2.45, 2.75) is 110 Å². The summed E-state index contributed by atoms with van der Waals surface area (Å²) in [5, 5.41) is 30.2. The molecular formula is C49H55FN4O12. The highest BCUT2D eigenvalue weighted by molar-refractivity contribution is 6.13. The summed E-state index contributed by atoms with van der Waals surface area (Å²) < 4.78 is 35.9. The summed E-state index contributed by atoms with van der Waals surface area (Å²) >= 11 is 0. The molecule has 3 saturated carbocycles. The Balaban J connectivity index is 0.901. The number of fused-ring (bicyclic) bond motifs is 7. The monoisotopic (exact) mass is 910 g/mol. The van der Waals surface area contributed by atoms with Gasteiger partial charge in [-0.1, -0.05) is 43.7 Å². The average Bonchev–Trinajstić information content (AvgIpc) is 3.89. The fraction of sp³-hybridized carbons (Fsp3) is 0.490. The van der Waals surface area contributed by atoms with E-state index in [4.69, 9.17) is 14.2 Å². The number of aryl methyl sites for hydroxylation is 1. The molecule has 350 valence electrons. The molecule has 1 saturated heterocycles. The van der Waals surface area contributed by atoms with Crippen molar-refractivity contribution in [2.24, 2.45) is 28.6 Å². The Bertz CT molecular complexity index is 2470. The molecule has 0 spiro atoms. The molecule has 2 aliphatic heterocycles. The summed E-state index contributed by atoms with van der Waals surface area (Å²) in [6.07, 6.45) is 6.06. The molecule has 0 radical (unpaired) electrons. The van der Waals surface area contributed by atoms with Crippen LogP contribution in [-0.4, -0.2) is 99.3 Å². The van der Waals surface area contributed by atoms with Crippen LogP contribution >= 0.6 is 0 Å². The van der Waals surface area contributed by atoms with Gasteiger partial charge in [-0.25, -0.2) is 4.39 Å². The molecule has 2 aromatic carbocycles. The number of hydrogen-bond acceptors (Lipinski definition) is 12. The van der Waals surface area contributed by atoms with Crippen LogP contribution in [0.1, 0.15) is 82.8 Å². The first kappa shape index (κ1) is 46.6. The Morgan fingerprint density at radius 2 is 1.73 bits per heavy atom. The number of halogens is 1. The van der Waals surface area contributed by atoms with Crippen LogP contribution in [0.2, 0.25) is 0 Å². The fourth-order valence-corrected chi connectivity index (χ4v) is 11.7. The first-order valence-corrected chi connectivity index (χ1v) is 22.4. The lowest BCUT2D eigenvalue weighted by molar-refractivity contribution is -0.201. The van der Waals surface area contributed by atoms with E-state index >= 15 is 4.39 Å². The third-order valence-electron chi connectivity index (χ3n) is 15.0. The number of imide groups is 1. The number of allylic oxidation sites excluding steroid dienone is 4. The highest BCUT2D eigenvalue weighted by Gasteiger charge is 2.76. The van der Waals surface area contributed by atoms with E-state index in [0.29, 0.717) is 36.1 Å². The van der Waals surface area contributed by atoms with Crippen molar-refractivity contribution in [3.63, 3.8) is 0 Å². The van der Waals surface area contributed by atoms with Crippen LogP contribution in [0, 0.1) is 41.3 Å². The standard InChI is InChI=1S/C49H55FN4O12/c1-25-9-12-35(64-24-28-7-6-8-30(19-28)53-45(63)27(3)52-44(62)26(2)51-38(59)16-18-54-39(60)13-14-40(54)61)43(50)41(25)46-65-37-21-33-32-11-10-29-20-31(56)15-17-47(29,4)42(32)34(57)22-48(33,5)49(37,66-46)36(58)23-55/h6-9,12-15,17,19-20,26-27,32-34,37,42,46,55,57H,10-11,16,18,21-24H2,1-5H3,(H,51,59)(H,52,62)(H,53,63)/t26?,27?,32-,33-,34-,37+,42+,46-,47-,48-,49+/m0/s1. The second-order valence-corrected chi connectivity index (χ2v) is 18.9. The zero-order valence-corrected chi connectivity index (χ0v) is 37.4. The van der Waals surface area contributed by atoms with Crippen molar-refractivity contribution in [2.75, 3.05) is 18.5 Å². The van der Waals surface area contributed by atoms with Gasteiger partial charge in [0.25, 0.3) is 11.8 Å². The largest absolute Gasteiger partial charge is 0.486 e. The minimum absolute atomic E-state index is 0.0388. The number of nitrogens with zero attached hydrogens (tertiary/aromatic N) is 1. The zero-order valence-electron chi connectivity index (χ0n) is 37.4. The molecule has 2 aromatic rings. The zero-order chi connectivity index (χ0) is 47.5. The van der Waals surface area contributed by atoms with Gasteiger partial charge in [0, 0.05) is 47.6 Å². The lowest BCUT2D eigenvalue weighted by Gasteiger charge is -2.59. The van der Waals surface area contributed by atoms with Crippen LogP contribution in [-0.2, 0) is 49.6 Å². The van der Waals surface area contributed by atoms with Crippen LogP contribution in [0.25, 0.3) is 0 Å². The van der Waals surface area contributed by atoms with Crippen LogP contribution in [0.5, 0.6) is 5.75 Å². The maximum Gasteiger partial charge on any atom is 0.253 e. The van der Waals surface area contributed by atoms with Crippen LogP contribution in [0.4, 0.5) is 10.1 Å². The number of benzene rings is 2. The summed E-state index contributed by atoms with van der Waals surface area (Å²) in [6.45, 7) is 7.46. The maximum absolute atomic E-state index is 16.7. The van der Waals surface area contributed by atoms with Crippen LogP contribution in [0.15, 0.2) is 72.4 Å². The normalized spacial score (nSPS) is 31.5. The SMILES string of the molecule is Cc1ccc(OCc2cccc(NC(=O)C(C)NC(=O)C(C)NC(=O)CCN3C(=O)C=CC3=O)c2)c(F)c1[C@H]1O[C@@H]2C[C@H]3[C@@H]4CCC5=CC(=O)C=C[C@]5(C)[C@H]4[C@@H](O)C[C@]3(C)[C@]2(C(=O)CO)O1. The van der Waals surface area contributed by atoms with E-state index in [1.165, 1.54) is 19.9 Å². The van der Waals surface area contributed by atoms with E-state index in [1.54, 1.807) is 49.4 Å². The molecule has 16 nitrogen and oxygen atoms in total. The Morgan fingerprint density at radius 1 is 1.00 bits per heavy atom. The number of nitrogens with one attached hydrogen (secondary N) is 3. The summed E-state index contributed by atoms with van der Waals surface area (Å²) in [6, 6.07) is 7.70. The van der Waals surface area contributed by atoms with E-state index < -0.39 is 94.8 Å². The second-order valence-electron chi connectivity index (χ2n) is 18.9. The van der Waals surface area contributed by atoms with Crippen molar-refractivity contribution in [1.82, 2.24) is 15.5 Å². The van der Waals surface area contributed by atoms with Gasteiger partial charge in [0.1, 0.15) is 25.3 Å². The molecule has 5 amide bonds. The molecule has 4 aliphatic carbocycles. The number of anilines is 1. The van der Waals surface area contributed by atoms with Gasteiger partial charge in [0.2, 0.25) is 17.7 Å². The van der Waals surface area contributed by atoms with Gasteiger partial charge in [0.05, 0.1) is 17.8 Å². The minimum atomic E-state index is -1.67. The van der Waals surface area contributed by atoms with Gasteiger partial charge >= 0.3 is 0 Å². The molecule has 6 aliphatic rings. The highest BCUT2D eigenvalue weighted by Crippen LogP contribution is 2.70. The molecule has 2 heterocycles. The third-order valence-corrected chi connectivity index (χ3v) is 15.0. The first-order chi connectivity index (χ1) is 31.3. The Labute approximate surface area is 381 Å². The summed E-state index contributed by atoms with van der Waals surface area (Å²) in [5.41, 5.74) is -0.745. The molecule has 0 bridgehead atoms. The van der Waals surface area contributed by atoms with E-state index in [1.807, 2.05) is 13.0 Å². The van der Waals surface area contributed by atoms with E-state index in [9.17, 15) is 43.8 Å². The number of hydrogen-bond donors (Lipinski definition) is 5. The summed E-state index contributed by atoms with van der Waals surface area (Å²) in [5.74, 6) is -4.75. The maximum atomic E-state index is 16.7. The average molecular weight is 911 g/mol. The molecular weight excluding hydrogens is 856 g/mol. The highest BCUT2D eigenvalue weighted by atomic mass is 19.1. The fourth-order valence-electron chi connectivity index (χ4n) is 11.7. The van der Waals surface area contributed by atoms with Gasteiger partial charge in [0.15, 0.2) is 35.0 Å². The minimum Gasteiger partial charge on any atom is -0.486 e. The number of aliphatic hydroxyl groups excluding tert-OH is 2. The number of aliphatic hydroxyl groups is 2. The van der Waals surface area contributed by atoms with Crippen molar-refractivity contribution in [3.05, 3.63) is 94.9 Å². The Morgan fingerprint density at radius 3 is 2.45 bits per heavy atom. The third kappa shape index (κ3) is 7.98. The first-order valence-electron chi connectivity index (χ1n) is 22.4. The summed E-state index contributed by atoms with van der Waals surface area (Å²) in [7, 11) is 0. The lowest BCUT2D eigenvalue weighted by Crippen LogP contribution is -2.63. The molecule has 11 atom stereocenters. The lowest BCUT2D eigenvalue weighted by atomic mass is 9.46. The van der Waals surface area contributed by atoms with E-state index in [2.05, 4.69) is 22.9 Å². The Kier molecular flexibility index (Phi) is 12.5. The van der Waals surface area contributed by atoms with Gasteiger partial charge in [-0.2, -0.15) is 0 Å². The van der Waals surface area contributed by atoms with Crippen molar-refractivity contribution < 1.29 is 62.4 Å². The number of rotatable bonds is 14. The van der Waals surface area contributed by atoms with E-state index in [-0.39, 0.29) is 60.8 Å². The van der Waals surface area contributed by atoms with Crippen molar-refractivity contribution >= 4 is 46.8 Å². The summed E-state index contributed by atoms with van der Waals surface area (Å²) in [4.78, 5) is 89.0. The predicted molar refractivity (Wildman–Crippen MR) is 233 cm³/mol. The van der Waals surface area contributed by atoms with Crippen molar-refractivity contribution in [1.29, 1.82) is 0 Å². The predicted octanol–water partition coefficient (Wildman–Crippen LogP) is 3.58. The number of ketones is 2. The van der Waals surface area contributed by atoms with Gasteiger partial charge < -0.3 is 40.4 Å². The number of ether oxygens (including phenoxy) is 3. The van der Waals surface area contributed by atoms with Crippen LogP contribution < -0.4 is 20.7 Å². The quantitative estimate of drug-likeness (QED) is 0.172. The number of amides is 5. The molecule has 17 heteroatoms. The molecule has 4 fully saturated rings. The second kappa shape index (κ2) is 17.7. The van der Waals surface area contributed by atoms with Gasteiger partial charge in [-0.05, 0) is 99.8 Å². The van der Waals surface area contributed by atoms with Gasteiger partial charge in [-0.15, -0.1) is 0 Å². The smallest absolute Gasteiger partial charge is 0.253 e. The Hall–Kier alpha value is -5.88. The molecule has 66 heavy (non-hydrogen) atoms. The topological polar surface area (TPSA) is 227 Å². The molecule has 2 unspecified atom stereocenters. The molecule has 8 rings (SSSR count). The number of carbonyl (C=O) groups excluding carboxylic acids is 7. The van der Waals surface area contributed by atoms with E-state index in [0.717, 1.165) is 22.6 Å². The van der Waals surface area contributed by atoms with Crippen LogP contribution in [0.3, 0.4) is 0 Å². The number of carbonyl (C=O) groups is 7. The van der Waals surface area contributed by atoms with Gasteiger partial charge in [-0.3, -0.25) is 38.5 Å². The molecule has 5 N–H and O–H groups in total. The number of Topliss-reactive ketones (excluding diaryl/α,β-unsaturated/α-hetero) is 1.